The van der Waals surface area contributed by atoms with Gasteiger partial charge in [-0.05, 0) is 32.0 Å². The molecular formula is C26H26O12. The lowest BCUT2D eigenvalue weighted by Gasteiger charge is -2.39. The second-order valence-corrected chi connectivity index (χ2v) is 8.65. The van der Waals surface area contributed by atoms with Gasteiger partial charge in [0.25, 0.3) is 0 Å². The molecule has 1 aliphatic heterocycles. The average Bonchev–Trinajstić information content (AvgIpc) is 2.89. The average molecular weight is 530 g/mol. The van der Waals surface area contributed by atoms with Crippen molar-refractivity contribution >= 4 is 16.9 Å². The summed E-state index contributed by atoms with van der Waals surface area (Å²) in [5.41, 5.74) is -0.137. The normalized spacial score (nSPS) is 23.8. The lowest BCUT2D eigenvalue weighted by molar-refractivity contribution is -0.277. The summed E-state index contributed by atoms with van der Waals surface area (Å²) in [5.74, 6) is -1.75. The van der Waals surface area contributed by atoms with E-state index in [0.717, 1.165) is 12.1 Å². The summed E-state index contributed by atoms with van der Waals surface area (Å²) in [5, 5.41) is 60.1. The predicted molar refractivity (Wildman–Crippen MR) is 131 cm³/mol. The van der Waals surface area contributed by atoms with E-state index in [9.17, 15) is 40.2 Å². The van der Waals surface area contributed by atoms with Gasteiger partial charge in [-0.15, -0.1) is 0 Å². The Morgan fingerprint density at radius 1 is 1.03 bits per heavy atom. The van der Waals surface area contributed by atoms with Crippen LogP contribution in [0.3, 0.4) is 0 Å². The molecule has 3 aromatic rings. The lowest BCUT2D eigenvalue weighted by atomic mass is 9.99. The minimum Gasteiger partial charge on any atom is -0.507 e. The van der Waals surface area contributed by atoms with Crippen LogP contribution in [0.4, 0.5) is 0 Å². The molecule has 0 bridgehead atoms. The van der Waals surface area contributed by atoms with Crippen LogP contribution in [0.2, 0.25) is 0 Å². The molecule has 1 saturated heterocycles. The number of benzene rings is 2. The van der Waals surface area contributed by atoms with E-state index >= 15 is 0 Å². The zero-order chi connectivity index (χ0) is 27.7. The van der Waals surface area contributed by atoms with Gasteiger partial charge in [0.05, 0.1) is 6.61 Å². The van der Waals surface area contributed by atoms with Crippen molar-refractivity contribution in [2.45, 2.75) is 44.6 Å². The molecule has 2 heterocycles. The van der Waals surface area contributed by atoms with Gasteiger partial charge in [-0.2, -0.15) is 0 Å². The van der Waals surface area contributed by atoms with E-state index in [1.165, 1.54) is 24.3 Å². The fourth-order valence-electron chi connectivity index (χ4n) is 3.81. The number of carbonyl (C=O) groups is 1. The topological polar surface area (TPSA) is 196 Å². The Labute approximate surface area is 215 Å². The molecule has 0 spiro atoms. The molecule has 2 aromatic carbocycles. The molecule has 12 heteroatoms. The second kappa shape index (κ2) is 10.8. The van der Waals surface area contributed by atoms with E-state index in [1.807, 2.05) is 0 Å². The third-order valence-corrected chi connectivity index (χ3v) is 6.09. The second-order valence-electron chi connectivity index (χ2n) is 8.65. The molecule has 12 nitrogen and oxygen atoms in total. The molecule has 4 rings (SSSR count). The maximum atomic E-state index is 12.8. The zero-order valence-corrected chi connectivity index (χ0v) is 20.3. The van der Waals surface area contributed by atoms with Crippen LogP contribution < -0.4 is 14.9 Å². The van der Waals surface area contributed by atoms with Crippen LogP contribution in [-0.2, 0) is 9.53 Å². The van der Waals surface area contributed by atoms with E-state index in [4.69, 9.17) is 18.6 Å². The maximum absolute atomic E-state index is 12.8. The van der Waals surface area contributed by atoms with Crippen LogP contribution in [0.15, 0.2) is 57.3 Å². The predicted octanol–water partition coefficient (Wildman–Crippen LogP) is 0.921. The number of phenolic OH excluding ortho intramolecular Hbond substituents is 2. The number of phenols is 2. The Balaban J connectivity index is 1.66. The number of hydrogen-bond donors (Lipinski definition) is 6. The number of fused-ring (bicyclic) bond motifs is 1. The number of rotatable bonds is 6. The summed E-state index contributed by atoms with van der Waals surface area (Å²) in [7, 11) is 0. The van der Waals surface area contributed by atoms with E-state index in [-0.39, 0.29) is 39.5 Å². The fourth-order valence-corrected chi connectivity index (χ4v) is 3.81. The van der Waals surface area contributed by atoms with Crippen molar-refractivity contribution in [1.82, 2.24) is 0 Å². The molecule has 0 aliphatic carbocycles. The SMILES string of the molecule is C/C=C(/C)C(=O)Oc1ccc(-c2cc(=O)c3c(O)cc(O[C@@H]4O[C@H](CO)[C@@H](O)[C@H](O)[C@H]4O)cc3o2)cc1O. The number of allylic oxidation sites excluding steroid dienone is 1. The highest BCUT2D eigenvalue weighted by atomic mass is 16.7. The number of aromatic hydroxyl groups is 2. The molecular weight excluding hydrogens is 504 g/mol. The van der Waals surface area contributed by atoms with Crippen molar-refractivity contribution in [1.29, 1.82) is 0 Å². The van der Waals surface area contributed by atoms with Gasteiger partial charge in [0.2, 0.25) is 6.29 Å². The molecule has 0 radical (unpaired) electrons. The Morgan fingerprint density at radius 3 is 2.42 bits per heavy atom. The van der Waals surface area contributed by atoms with Crippen molar-refractivity contribution in [2.24, 2.45) is 0 Å². The Kier molecular flexibility index (Phi) is 7.71. The summed E-state index contributed by atoms with van der Waals surface area (Å²) in [4.78, 5) is 24.7. The molecule has 1 aliphatic rings. The highest BCUT2D eigenvalue weighted by molar-refractivity contribution is 5.90. The van der Waals surface area contributed by atoms with Gasteiger partial charge in [0.15, 0.2) is 16.9 Å². The standard InChI is InChI=1S/C26H26O12/c1-3-11(2)25(34)37-17-5-4-12(6-14(17)28)18-9-16(30)21-15(29)7-13(8-19(21)36-18)35-26-24(33)23(32)22(31)20(10-27)38-26/h3-9,20,22-24,26-29,31-33H,10H2,1-2H3/b11-3-/t20-,22-,23+,24-,26-/m1/s1. The molecule has 1 aromatic heterocycles. The van der Waals surface area contributed by atoms with Gasteiger partial charge in [-0.25, -0.2) is 4.79 Å². The van der Waals surface area contributed by atoms with Crippen LogP contribution in [0.5, 0.6) is 23.0 Å². The Morgan fingerprint density at radius 2 is 1.76 bits per heavy atom. The van der Waals surface area contributed by atoms with Gasteiger partial charge >= 0.3 is 5.97 Å². The van der Waals surface area contributed by atoms with Crippen LogP contribution in [-0.4, -0.2) is 73.9 Å². The first kappa shape index (κ1) is 27.1. The first-order valence-electron chi connectivity index (χ1n) is 11.5. The molecule has 38 heavy (non-hydrogen) atoms. The van der Waals surface area contributed by atoms with Gasteiger partial charge < -0.3 is 49.3 Å². The molecule has 0 saturated carbocycles. The van der Waals surface area contributed by atoms with Gasteiger partial charge in [0.1, 0.15) is 52.6 Å². The summed E-state index contributed by atoms with van der Waals surface area (Å²) >= 11 is 0. The number of carbonyl (C=O) groups excluding carboxylic acids is 1. The third-order valence-electron chi connectivity index (χ3n) is 6.09. The molecule has 1 fully saturated rings. The third kappa shape index (κ3) is 5.21. The summed E-state index contributed by atoms with van der Waals surface area (Å²) in [6, 6.07) is 7.41. The summed E-state index contributed by atoms with van der Waals surface area (Å²) in [6.45, 7) is 2.56. The Hall–Kier alpha value is -3.94. The molecule has 202 valence electrons. The molecule has 0 unspecified atom stereocenters. The van der Waals surface area contributed by atoms with E-state index in [0.29, 0.717) is 5.57 Å². The van der Waals surface area contributed by atoms with Gasteiger partial charge in [-0.3, -0.25) is 4.79 Å². The minimum absolute atomic E-state index is 0.00435. The van der Waals surface area contributed by atoms with Crippen molar-refractivity contribution in [3.05, 3.63) is 58.3 Å². The molecule has 5 atom stereocenters. The highest BCUT2D eigenvalue weighted by Crippen LogP contribution is 2.35. The first-order valence-corrected chi connectivity index (χ1v) is 11.5. The van der Waals surface area contributed by atoms with Crippen molar-refractivity contribution in [3.8, 4) is 34.3 Å². The smallest absolute Gasteiger partial charge is 0.338 e. The number of aliphatic hydroxyl groups is 4. The van der Waals surface area contributed by atoms with Crippen LogP contribution >= 0.6 is 0 Å². The summed E-state index contributed by atoms with van der Waals surface area (Å²) < 4.78 is 21.7. The summed E-state index contributed by atoms with van der Waals surface area (Å²) in [6.07, 6.45) is -6.15. The first-order chi connectivity index (χ1) is 18.0. The highest BCUT2D eigenvalue weighted by Gasteiger charge is 2.44. The number of hydrogen-bond acceptors (Lipinski definition) is 12. The number of ether oxygens (including phenoxy) is 3. The molecule has 0 amide bonds. The minimum atomic E-state index is -1.70. The fraction of sp³-hybridized carbons (Fsp3) is 0.308. The monoisotopic (exact) mass is 530 g/mol. The maximum Gasteiger partial charge on any atom is 0.338 e. The quantitative estimate of drug-likeness (QED) is 0.150. The van der Waals surface area contributed by atoms with Crippen molar-refractivity contribution in [2.75, 3.05) is 6.61 Å². The van der Waals surface area contributed by atoms with Crippen molar-refractivity contribution in [3.63, 3.8) is 0 Å². The number of esters is 1. The Bertz CT molecular complexity index is 1440. The number of aliphatic hydroxyl groups excluding tert-OH is 4. The lowest BCUT2D eigenvalue weighted by Crippen LogP contribution is -2.60. The van der Waals surface area contributed by atoms with Crippen LogP contribution in [0.1, 0.15) is 13.8 Å². The van der Waals surface area contributed by atoms with E-state index in [1.54, 1.807) is 19.9 Å². The van der Waals surface area contributed by atoms with Gasteiger partial charge in [0, 0.05) is 29.3 Å². The van der Waals surface area contributed by atoms with Crippen molar-refractivity contribution < 1.29 is 54.1 Å². The van der Waals surface area contributed by atoms with Gasteiger partial charge in [-0.1, -0.05) is 6.08 Å². The van der Waals surface area contributed by atoms with Crippen LogP contribution in [0.25, 0.3) is 22.3 Å². The largest absolute Gasteiger partial charge is 0.507 e. The van der Waals surface area contributed by atoms with Crippen LogP contribution in [0, 0.1) is 0 Å². The van der Waals surface area contributed by atoms with E-state index in [2.05, 4.69) is 0 Å². The van der Waals surface area contributed by atoms with E-state index < -0.39 is 54.5 Å². The zero-order valence-electron chi connectivity index (χ0n) is 20.3. The molecule has 6 N–H and O–H groups in total.